The summed E-state index contributed by atoms with van der Waals surface area (Å²) in [6.45, 7) is 8.44. The third-order valence-electron chi connectivity index (χ3n) is 5.30. The molecule has 2 aromatic heterocycles. The molecule has 0 aromatic carbocycles. The zero-order valence-corrected chi connectivity index (χ0v) is 18.1. The van der Waals surface area contributed by atoms with Crippen LogP contribution in [0.5, 0.6) is 0 Å². The van der Waals surface area contributed by atoms with Crippen LogP contribution in [0.15, 0.2) is 24.5 Å². The molecule has 3 atom stereocenters. The first-order valence-electron chi connectivity index (χ1n) is 10.0. The summed E-state index contributed by atoms with van der Waals surface area (Å²) in [5.74, 6) is 0.172. The van der Waals surface area contributed by atoms with E-state index in [1.807, 2.05) is 19.2 Å². The maximum Gasteiger partial charge on any atom is 0.151 e. The molecule has 0 amide bonds. The maximum absolute atomic E-state index is 9.38. The highest BCUT2D eigenvalue weighted by Gasteiger charge is 2.35. The minimum Gasteiger partial charge on any atom is -0.379 e. The first-order valence-corrected chi connectivity index (χ1v) is 10.8. The van der Waals surface area contributed by atoms with Gasteiger partial charge in [-0.05, 0) is 50.7 Å². The van der Waals surface area contributed by atoms with E-state index in [4.69, 9.17) is 16.1 Å². The Morgan fingerprint density at radius 1 is 1.39 bits per heavy atom. The molecule has 0 aliphatic rings. The molecule has 150 valence electrons. The fraction of sp³-hybridized carbons (Fsp3) is 0.545. The number of hydrogen-bond donors (Lipinski definition) is 2. The Morgan fingerprint density at radius 3 is 2.75 bits per heavy atom. The molecule has 6 heteroatoms. The number of hydrogen-bond acceptors (Lipinski definition) is 5. The molecule has 2 rings (SSSR count). The molecule has 28 heavy (non-hydrogen) atoms. The van der Waals surface area contributed by atoms with E-state index in [0.717, 1.165) is 48.7 Å². The van der Waals surface area contributed by atoms with Gasteiger partial charge in [-0.3, -0.25) is 15.4 Å². The summed E-state index contributed by atoms with van der Waals surface area (Å²) >= 11 is 1.38. The Balaban J connectivity index is 2.73. The minimum atomic E-state index is -0.384. The number of unbranched alkanes of at least 4 members (excludes halogenated alkanes) is 1. The van der Waals surface area contributed by atoms with Crippen molar-refractivity contribution in [1.29, 1.82) is 10.7 Å². The molecule has 2 heterocycles. The largest absolute Gasteiger partial charge is 0.379 e. The third-order valence-corrected chi connectivity index (χ3v) is 6.37. The highest BCUT2D eigenvalue weighted by molar-refractivity contribution is 8.14. The van der Waals surface area contributed by atoms with Crippen LogP contribution in [0.2, 0.25) is 0 Å². The van der Waals surface area contributed by atoms with Crippen molar-refractivity contribution < 1.29 is 0 Å². The lowest BCUT2D eigenvalue weighted by molar-refractivity contribution is 0.509. The minimum absolute atomic E-state index is 0.0351. The van der Waals surface area contributed by atoms with Crippen molar-refractivity contribution in [2.75, 3.05) is 0 Å². The van der Waals surface area contributed by atoms with Gasteiger partial charge in [0.05, 0.1) is 28.2 Å². The number of nitrogens with zero attached hydrogens (tertiary/aromatic N) is 3. The molecule has 0 saturated carbocycles. The Kier molecular flexibility index (Phi) is 7.82. The van der Waals surface area contributed by atoms with Gasteiger partial charge in [0.2, 0.25) is 0 Å². The second-order valence-electron chi connectivity index (χ2n) is 7.63. The molecule has 0 fully saturated rings. The number of nitrogens with two attached hydrogens (primary N) is 1. The summed E-state index contributed by atoms with van der Waals surface area (Å²) in [5.41, 5.74) is 8.85. The van der Waals surface area contributed by atoms with Gasteiger partial charge in [0, 0.05) is 17.5 Å². The normalized spacial score (nSPS) is 15.5. The van der Waals surface area contributed by atoms with Crippen LogP contribution >= 0.6 is 11.8 Å². The average Bonchev–Trinajstić information content (AvgIpc) is 2.69. The van der Waals surface area contributed by atoms with Crippen LogP contribution < -0.4 is 5.73 Å². The van der Waals surface area contributed by atoms with Crippen molar-refractivity contribution in [3.8, 4) is 6.07 Å². The van der Waals surface area contributed by atoms with E-state index in [-0.39, 0.29) is 21.8 Å². The molecule has 0 spiro atoms. The van der Waals surface area contributed by atoms with Crippen molar-refractivity contribution in [3.63, 3.8) is 0 Å². The fourth-order valence-corrected chi connectivity index (χ4v) is 4.84. The number of fused-ring (bicyclic) bond motifs is 1. The van der Waals surface area contributed by atoms with E-state index in [1.54, 1.807) is 6.20 Å². The zero-order chi connectivity index (χ0) is 20.7. The molecule has 0 radical (unpaired) electrons. The molecule has 2 unspecified atom stereocenters. The van der Waals surface area contributed by atoms with E-state index in [9.17, 15) is 5.26 Å². The fourth-order valence-electron chi connectivity index (χ4n) is 3.85. The maximum atomic E-state index is 9.38. The number of nitrogens with one attached hydrogen (secondary N) is 1. The Hall–Kier alpha value is -2.13. The monoisotopic (exact) mass is 397 g/mol. The number of amidine groups is 1. The number of nitriles is 1. The van der Waals surface area contributed by atoms with Gasteiger partial charge in [0.25, 0.3) is 0 Å². The quantitative estimate of drug-likeness (QED) is 0.417. The van der Waals surface area contributed by atoms with Crippen molar-refractivity contribution >= 4 is 27.8 Å². The molecule has 5 nitrogen and oxygen atoms in total. The molecule has 2 aromatic rings. The zero-order valence-electron chi connectivity index (χ0n) is 17.3. The van der Waals surface area contributed by atoms with Gasteiger partial charge < -0.3 is 5.73 Å². The summed E-state index contributed by atoms with van der Waals surface area (Å²) in [5, 5.41) is 18.5. The first-order chi connectivity index (χ1) is 13.4. The van der Waals surface area contributed by atoms with Gasteiger partial charge in [0.15, 0.2) is 5.17 Å². The second kappa shape index (κ2) is 9.88. The molecular formula is C22H31N5S. The van der Waals surface area contributed by atoms with Gasteiger partial charge in [0.1, 0.15) is 0 Å². The first kappa shape index (κ1) is 22.2. The summed E-state index contributed by atoms with van der Waals surface area (Å²) in [6.07, 6.45) is 8.32. The van der Waals surface area contributed by atoms with E-state index in [0.29, 0.717) is 0 Å². The van der Waals surface area contributed by atoms with Gasteiger partial charge in [-0.15, -0.1) is 0 Å². The molecule has 0 bridgehead atoms. The van der Waals surface area contributed by atoms with Gasteiger partial charge in [-0.1, -0.05) is 44.5 Å². The highest BCUT2D eigenvalue weighted by atomic mass is 32.2. The SMILES string of the molecule is CCCCC(C)(SC(=N)N)c1ncc2ncccc2c1C(CC)C[C@@H](C)C#N. The van der Waals surface area contributed by atoms with Crippen LogP contribution in [-0.2, 0) is 4.75 Å². The third kappa shape index (κ3) is 5.02. The predicted molar refractivity (Wildman–Crippen MR) is 118 cm³/mol. The number of aromatic nitrogens is 2. The Morgan fingerprint density at radius 2 is 2.14 bits per heavy atom. The number of pyridine rings is 2. The van der Waals surface area contributed by atoms with E-state index in [2.05, 4.69) is 37.9 Å². The van der Waals surface area contributed by atoms with Gasteiger partial charge in [-0.2, -0.15) is 5.26 Å². The standard InChI is InChI=1S/C22H31N5S/c1-5-7-10-22(4,28-21(24)25)20-19(16(6-2)12-15(3)13-23)17-9-8-11-26-18(17)14-27-20/h8-9,11,14-16H,5-7,10,12H2,1-4H3,(H3,24,25)/t15-,16?,22?/m1/s1. The summed E-state index contributed by atoms with van der Waals surface area (Å²) in [4.78, 5) is 9.37. The van der Waals surface area contributed by atoms with Gasteiger partial charge in [-0.25, -0.2) is 0 Å². The lowest BCUT2D eigenvalue weighted by Gasteiger charge is -2.33. The van der Waals surface area contributed by atoms with Crippen molar-refractivity contribution in [2.24, 2.45) is 11.7 Å². The molecule has 0 saturated heterocycles. The van der Waals surface area contributed by atoms with Crippen molar-refractivity contribution in [1.82, 2.24) is 9.97 Å². The Bertz CT molecular complexity index is 860. The van der Waals surface area contributed by atoms with E-state index >= 15 is 0 Å². The molecule has 0 aliphatic carbocycles. The summed E-state index contributed by atoms with van der Waals surface area (Å²) in [7, 11) is 0. The lowest BCUT2D eigenvalue weighted by atomic mass is 9.81. The highest BCUT2D eigenvalue weighted by Crippen LogP contribution is 2.46. The molecule has 3 N–H and O–H groups in total. The topological polar surface area (TPSA) is 99.4 Å². The molecule has 0 aliphatic heterocycles. The Labute approximate surface area is 172 Å². The van der Waals surface area contributed by atoms with Crippen molar-refractivity contribution in [3.05, 3.63) is 35.8 Å². The summed E-state index contributed by atoms with van der Waals surface area (Å²) < 4.78 is -0.384. The van der Waals surface area contributed by atoms with Crippen LogP contribution in [0.1, 0.15) is 77.0 Å². The van der Waals surface area contributed by atoms with Crippen LogP contribution in [0, 0.1) is 22.7 Å². The average molecular weight is 398 g/mol. The van der Waals surface area contributed by atoms with Crippen LogP contribution in [0.25, 0.3) is 10.9 Å². The molecular weight excluding hydrogens is 366 g/mol. The predicted octanol–water partition coefficient (Wildman–Crippen LogP) is 5.71. The smallest absolute Gasteiger partial charge is 0.151 e. The van der Waals surface area contributed by atoms with Crippen LogP contribution in [-0.4, -0.2) is 15.1 Å². The van der Waals surface area contributed by atoms with E-state index < -0.39 is 0 Å². The number of rotatable bonds is 9. The lowest BCUT2D eigenvalue weighted by Crippen LogP contribution is -2.27. The second-order valence-corrected chi connectivity index (χ2v) is 9.17. The van der Waals surface area contributed by atoms with Crippen molar-refractivity contribution in [2.45, 2.75) is 70.5 Å². The summed E-state index contributed by atoms with van der Waals surface area (Å²) in [6, 6.07) is 6.43. The van der Waals surface area contributed by atoms with Crippen LogP contribution in [0.3, 0.4) is 0 Å². The van der Waals surface area contributed by atoms with Crippen LogP contribution in [0.4, 0.5) is 0 Å². The number of thioether (sulfide) groups is 1. The van der Waals surface area contributed by atoms with E-state index in [1.165, 1.54) is 17.3 Å². The van der Waals surface area contributed by atoms with Gasteiger partial charge >= 0.3 is 0 Å².